The molecule has 1 aliphatic rings. The molecule has 2 N–H and O–H groups in total. The maximum Gasteiger partial charge on any atom is 0.423 e. The van der Waals surface area contributed by atoms with Crippen LogP contribution in [0.3, 0.4) is 0 Å². The molecule has 1 rings (SSSR count). The summed E-state index contributed by atoms with van der Waals surface area (Å²) in [5.41, 5.74) is 5.63. The SMILES string of the molecule is CC1CC(C)C(OC(C(F)(F)F)C(F)(F)F)C(N)C1. The third-order valence-corrected chi connectivity index (χ3v) is 3.32. The zero-order valence-electron chi connectivity index (χ0n) is 10.6. The van der Waals surface area contributed by atoms with Gasteiger partial charge in [-0.3, -0.25) is 0 Å². The molecule has 0 heterocycles. The maximum absolute atomic E-state index is 12.4. The highest BCUT2D eigenvalue weighted by Crippen LogP contribution is 2.39. The van der Waals surface area contributed by atoms with Crippen LogP contribution in [0.4, 0.5) is 26.3 Å². The fraction of sp³-hybridized carbons (Fsp3) is 1.00. The second kappa shape index (κ2) is 5.47. The molecule has 4 atom stereocenters. The van der Waals surface area contributed by atoms with E-state index in [1.54, 1.807) is 6.92 Å². The first-order chi connectivity index (χ1) is 8.43. The summed E-state index contributed by atoms with van der Waals surface area (Å²) in [6.45, 7) is 3.42. The minimum Gasteiger partial charge on any atom is -0.356 e. The number of ether oxygens (including phenoxy) is 1. The first-order valence-corrected chi connectivity index (χ1v) is 5.97. The van der Waals surface area contributed by atoms with Crippen LogP contribution in [-0.4, -0.2) is 30.6 Å². The van der Waals surface area contributed by atoms with Crippen molar-refractivity contribution in [2.24, 2.45) is 17.6 Å². The monoisotopic (exact) mass is 293 g/mol. The summed E-state index contributed by atoms with van der Waals surface area (Å²) in [4.78, 5) is 0. The minimum absolute atomic E-state index is 0.167. The summed E-state index contributed by atoms with van der Waals surface area (Å²) in [6, 6.07) is -0.814. The van der Waals surface area contributed by atoms with Crippen molar-refractivity contribution in [2.45, 2.75) is 57.3 Å². The Kier molecular flexibility index (Phi) is 4.77. The van der Waals surface area contributed by atoms with Gasteiger partial charge >= 0.3 is 12.4 Å². The number of halogens is 6. The van der Waals surface area contributed by atoms with Gasteiger partial charge in [0.05, 0.1) is 6.10 Å². The Balaban J connectivity index is 2.85. The fourth-order valence-electron chi connectivity index (χ4n) is 2.62. The summed E-state index contributed by atoms with van der Waals surface area (Å²) < 4.78 is 78.8. The molecule has 0 spiro atoms. The van der Waals surface area contributed by atoms with Crippen molar-refractivity contribution >= 4 is 0 Å². The van der Waals surface area contributed by atoms with Gasteiger partial charge in [-0.25, -0.2) is 0 Å². The summed E-state index contributed by atoms with van der Waals surface area (Å²) >= 11 is 0. The van der Waals surface area contributed by atoms with Gasteiger partial charge in [0.1, 0.15) is 0 Å². The molecule has 0 aliphatic heterocycles. The Hall–Kier alpha value is -0.500. The van der Waals surface area contributed by atoms with E-state index in [2.05, 4.69) is 4.74 Å². The van der Waals surface area contributed by atoms with Crippen molar-refractivity contribution in [2.75, 3.05) is 0 Å². The number of alkyl halides is 6. The quantitative estimate of drug-likeness (QED) is 0.793. The molecule has 0 aromatic heterocycles. The molecule has 0 aromatic carbocycles. The highest BCUT2D eigenvalue weighted by molar-refractivity contribution is 4.89. The molecule has 114 valence electrons. The lowest BCUT2D eigenvalue weighted by Crippen LogP contribution is -2.54. The molecule has 0 amide bonds. The second-order valence-electron chi connectivity index (χ2n) is 5.28. The van der Waals surface area contributed by atoms with E-state index in [9.17, 15) is 26.3 Å². The molecule has 1 aliphatic carbocycles. The van der Waals surface area contributed by atoms with Crippen molar-refractivity contribution in [3.63, 3.8) is 0 Å². The topological polar surface area (TPSA) is 35.2 Å². The average Bonchev–Trinajstić information content (AvgIpc) is 2.11. The Labute approximate surface area is 107 Å². The van der Waals surface area contributed by atoms with Gasteiger partial charge in [-0.1, -0.05) is 13.8 Å². The molecule has 0 radical (unpaired) electrons. The molecule has 4 unspecified atom stereocenters. The smallest absolute Gasteiger partial charge is 0.356 e. The molecule has 1 fully saturated rings. The zero-order chi connectivity index (χ0) is 15.0. The molecule has 2 nitrogen and oxygen atoms in total. The lowest BCUT2D eigenvalue weighted by Gasteiger charge is -2.39. The maximum atomic E-state index is 12.4. The molecule has 8 heteroatoms. The third kappa shape index (κ3) is 4.24. The molecular formula is C11H17F6NO. The van der Waals surface area contributed by atoms with Crippen molar-refractivity contribution in [3.8, 4) is 0 Å². The van der Waals surface area contributed by atoms with E-state index in [0.29, 0.717) is 12.8 Å². The van der Waals surface area contributed by atoms with Crippen LogP contribution in [0.1, 0.15) is 26.7 Å². The minimum atomic E-state index is -5.49. The van der Waals surface area contributed by atoms with Gasteiger partial charge in [-0.2, -0.15) is 26.3 Å². The largest absolute Gasteiger partial charge is 0.423 e. The molecule has 0 aromatic rings. The van der Waals surface area contributed by atoms with Crippen molar-refractivity contribution in [3.05, 3.63) is 0 Å². The van der Waals surface area contributed by atoms with Crippen molar-refractivity contribution < 1.29 is 31.1 Å². The van der Waals surface area contributed by atoms with E-state index in [0.717, 1.165) is 0 Å². The van der Waals surface area contributed by atoms with Gasteiger partial charge in [-0.15, -0.1) is 0 Å². The molecule has 19 heavy (non-hydrogen) atoms. The predicted octanol–water partition coefficient (Wildman–Crippen LogP) is 3.26. The van der Waals surface area contributed by atoms with Crippen LogP contribution in [0, 0.1) is 11.8 Å². The summed E-state index contributed by atoms with van der Waals surface area (Å²) in [7, 11) is 0. The fourth-order valence-corrected chi connectivity index (χ4v) is 2.62. The lowest BCUT2D eigenvalue weighted by molar-refractivity contribution is -0.336. The van der Waals surface area contributed by atoms with Crippen LogP contribution >= 0.6 is 0 Å². The predicted molar refractivity (Wildman–Crippen MR) is 56.3 cm³/mol. The molecule has 0 bridgehead atoms. The first kappa shape index (κ1) is 16.6. The van der Waals surface area contributed by atoms with Crippen LogP contribution in [0.5, 0.6) is 0 Å². The van der Waals surface area contributed by atoms with Crippen LogP contribution in [0.15, 0.2) is 0 Å². The Bertz CT molecular complexity index is 277. The van der Waals surface area contributed by atoms with Gasteiger partial charge in [-0.05, 0) is 24.7 Å². The third-order valence-electron chi connectivity index (χ3n) is 3.32. The van der Waals surface area contributed by atoms with Gasteiger partial charge in [0.25, 0.3) is 0 Å². The summed E-state index contributed by atoms with van der Waals surface area (Å²) in [5, 5.41) is 0. The molecule has 0 saturated heterocycles. The van der Waals surface area contributed by atoms with E-state index >= 15 is 0 Å². The number of hydrogen-bond donors (Lipinski definition) is 1. The highest BCUT2D eigenvalue weighted by Gasteiger charge is 2.59. The highest BCUT2D eigenvalue weighted by atomic mass is 19.4. The lowest BCUT2D eigenvalue weighted by atomic mass is 9.78. The van der Waals surface area contributed by atoms with Crippen LogP contribution in [-0.2, 0) is 4.74 Å². The first-order valence-electron chi connectivity index (χ1n) is 5.97. The van der Waals surface area contributed by atoms with Gasteiger partial charge < -0.3 is 10.5 Å². The van der Waals surface area contributed by atoms with Crippen LogP contribution in [0.25, 0.3) is 0 Å². The van der Waals surface area contributed by atoms with E-state index in [-0.39, 0.29) is 5.92 Å². The normalized spacial score (nSPS) is 33.8. The molecular weight excluding hydrogens is 276 g/mol. The van der Waals surface area contributed by atoms with Gasteiger partial charge in [0.2, 0.25) is 6.10 Å². The number of nitrogens with two attached hydrogens (primary N) is 1. The van der Waals surface area contributed by atoms with Crippen LogP contribution in [0.2, 0.25) is 0 Å². The number of rotatable bonds is 2. The Morgan fingerprint density at radius 2 is 1.47 bits per heavy atom. The zero-order valence-corrected chi connectivity index (χ0v) is 10.6. The average molecular weight is 293 g/mol. The van der Waals surface area contributed by atoms with Crippen LogP contribution < -0.4 is 5.73 Å². The second-order valence-corrected chi connectivity index (χ2v) is 5.28. The van der Waals surface area contributed by atoms with Gasteiger partial charge in [0, 0.05) is 6.04 Å². The van der Waals surface area contributed by atoms with E-state index in [1.165, 1.54) is 0 Å². The van der Waals surface area contributed by atoms with Gasteiger partial charge in [0.15, 0.2) is 0 Å². The van der Waals surface area contributed by atoms with Crippen molar-refractivity contribution in [1.29, 1.82) is 0 Å². The summed E-state index contributed by atoms with van der Waals surface area (Å²) in [5.74, 6) is -0.272. The molecule has 1 saturated carbocycles. The summed E-state index contributed by atoms with van der Waals surface area (Å²) in [6.07, 6.45) is -15.1. The Morgan fingerprint density at radius 1 is 1.00 bits per heavy atom. The standard InChI is InChI=1S/C11H17F6NO/c1-5-3-6(2)8(7(18)4-5)19-9(10(12,13)14)11(15,16)17/h5-9H,3-4,18H2,1-2H3. The van der Waals surface area contributed by atoms with E-state index in [4.69, 9.17) is 5.73 Å². The van der Waals surface area contributed by atoms with E-state index in [1.807, 2.05) is 6.92 Å². The van der Waals surface area contributed by atoms with Crippen molar-refractivity contribution in [1.82, 2.24) is 0 Å². The Morgan fingerprint density at radius 3 is 1.84 bits per heavy atom. The number of hydrogen-bond acceptors (Lipinski definition) is 2. The van der Waals surface area contributed by atoms with E-state index < -0.39 is 36.5 Å².